The second-order valence-electron chi connectivity index (χ2n) is 7.26. The number of rotatable bonds is 4. The molecule has 140 valence electrons. The molecular formula is C17H20N2O6S. The van der Waals surface area contributed by atoms with E-state index in [1.165, 1.54) is 4.31 Å². The summed E-state index contributed by atoms with van der Waals surface area (Å²) in [5.74, 6) is 0.752. The Hall–Kier alpha value is -1.84. The van der Waals surface area contributed by atoms with Crippen molar-refractivity contribution in [2.45, 2.75) is 36.7 Å². The quantitative estimate of drug-likeness (QED) is 0.835. The van der Waals surface area contributed by atoms with Gasteiger partial charge in [-0.2, -0.15) is 4.31 Å². The molecule has 8 nitrogen and oxygen atoms in total. The van der Waals surface area contributed by atoms with E-state index in [9.17, 15) is 13.2 Å². The third-order valence-electron chi connectivity index (χ3n) is 5.41. The Bertz CT molecular complexity index is 853. The van der Waals surface area contributed by atoms with Gasteiger partial charge in [-0.1, -0.05) is 0 Å². The molecule has 3 fully saturated rings. The highest BCUT2D eigenvalue weighted by Crippen LogP contribution is 2.39. The molecule has 0 radical (unpaired) electrons. The Kier molecular flexibility index (Phi) is 3.67. The maximum Gasteiger partial charge on any atom is 0.231 e. The van der Waals surface area contributed by atoms with Gasteiger partial charge < -0.3 is 19.5 Å². The topological polar surface area (TPSA) is 94.2 Å². The van der Waals surface area contributed by atoms with E-state index in [0.29, 0.717) is 30.2 Å². The number of anilines is 1. The third kappa shape index (κ3) is 2.74. The van der Waals surface area contributed by atoms with E-state index in [2.05, 4.69) is 5.32 Å². The number of carbonyl (C=O) groups excluding carboxylic acids is 1. The summed E-state index contributed by atoms with van der Waals surface area (Å²) in [4.78, 5) is 12.7. The molecule has 4 aliphatic rings. The molecule has 2 bridgehead atoms. The molecule has 1 N–H and O–H groups in total. The molecule has 1 aromatic carbocycles. The number of hydrogen-bond donors (Lipinski definition) is 1. The Morgan fingerprint density at radius 1 is 1.15 bits per heavy atom. The molecule has 0 spiro atoms. The van der Waals surface area contributed by atoms with Crippen LogP contribution in [0.3, 0.4) is 0 Å². The van der Waals surface area contributed by atoms with Crippen LogP contribution in [0.2, 0.25) is 0 Å². The van der Waals surface area contributed by atoms with Crippen LogP contribution in [-0.2, 0) is 19.6 Å². The average Bonchev–Trinajstić information content (AvgIpc) is 3.31. The predicted octanol–water partition coefficient (Wildman–Crippen LogP) is 0.935. The van der Waals surface area contributed by atoms with E-state index < -0.39 is 16.1 Å². The van der Waals surface area contributed by atoms with E-state index >= 15 is 0 Å². The van der Waals surface area contributed by atoms with Crippen LogP contribution in [0.4, 0.5) is 5.69 Å². The van der Waals surface area contributed by atoms with Crippen LogP contribution < -0.4 is 14.8 Å². The van der Waals surface area contributed by atoms with Gasteiger partial charge in [0.2, 0.25) is 22.7 Å². The van der Waals surface area contributed by atoms with Crippen LogP contribution in [0, 0.1) is 5.92 Å². The van der Waals surface area contributed by atoms with Gasteiger partial charge in [0.15, 0.2) is 11.5 Å². The molecule has 1 amide bonds. The number of carbonyl (C=O) groups is 1. The van der Waals surface area contributed by atoms with E-state index in [1.807, 2.05) is 0 Å². The van der Waals surface area contributed by atoms with Gasteiger partial charge in [0, 0.05) is 24.8 Å². The summed E-state index contributed by atoms with van der Waals surface area (Å²) in [5, 5.41) is 2.66. The Balaban J connectivity index is 1.28. The van der Waals surface area contributed by atoms with E-state index in [0.717, 1.165) is 12.8 Å². The SMILES string of the molecule is O=C(Nc1ccc2c(c1)OCO2)C1CC2CN(S(=O)(=O)C3CC3)CC1O2. The third-order valence-corrected chi connectivity index (χ3v) is 7.74. The van der Waals surface area contributed by atoms with Crippen LogP contribution in [0.25, 0.3) is 0 Å². The second-order valence-corrected chi connectivity index (χ2v) is 9.47. The zero-order chi connectivity index (χ0) is 17.9. The molecular weight excluding hydrogens is 360 g/mol. The highest BCUT2D eigenvalue weighted by Gasteiger charge is 2.50. The zero-order valence-electron chi connectivity index (χ0n) is 14.1. The summed E-state index contributed by atoms with van der Waals surface area (Å²) >= 11 is 0. The van der Waals surface area contributed by atoms with Gasteiger partial charge in [0.05, 0.1) is 23.4 Å². The molecule has 26 heavy (non-hydrogen) atoms. The molecule has 1 saturated carbocycles. The Morgan fingerprint density at radius 2 is 1.96 bits per heavy atom. The molecule has 3 heterocycles. The van der Waals surface area contributed by atoms with Crippen LogP contribution in [0.1, 0.15) is 19.3 Å². The summed E-state index contributed by atoms with van der Waals surface area (Å²) < 4.78 is 42.9. The monoisotopic (exact) mass is 380 g/mol. The molecule has 1 aliphatic carbocycles. The number of hydrogen-bond acceptors (Lipinski definition) is 6. The summed E-state index contributed by atoms with van der Waals surface area (Å²) in [5.41, 5.74) is 0.628. The molecule has 9 heteroatoms. The van der Waals surface area contributed by atoms with Gasteiger partial charge >= 0.3 is 0 Å². The number of nitrogens with zero attached hydrogens (tertiary/aromatic N) is 1. The van der Waals surface area contributed by atoms with E-state index in [-0.39, 0.29) is 36.5 Å². The number of nitrogens with one attached hydrogen (secondary N) is 1. The number of amides is 1. The Labute approximate surface area is 151 Å². The minimum Gasteiger partial charge on any atom is -0.454 e. The predicted molar refractivity (Wildman–Crippen MR) is 91.5 cm³/mol. The van der Waals surface area contributed by atoms with Crippen molar-refractivity contribution in [2.75, 3.05) is 25.2 Å². The first-order chi connectivity index (χ1) is 12.5. The van der Waals surface area contributed by atoms with Gasteiger partial charge in [0.25, 0.3) is 0 Å². The molecule has 0 aromatic heterocycles. The molecule has 3 unspecified atom stereocenters. The maximum atomic E-state index is 12.7. The molecule has 3 atom stereocenters. The maximum absolute atomic E-state index is 12.7. The average molecular weight is 380 g/mol. The first-order valence-electron chi connectivity index (χ1n) is 8.85. The van der Waals surface area contributed by atoms with Crippen LogP contribution in [0.5, 0.6) is 11.5 Å². The van der Waals surface area contributed by atoms with Gasteiger partial charge in [0.1, 0.15) is 0 Å². The Morgan fingerprint density at radius 3 is 2.77 bits per heavy atom. The van der Waals surface area contributed by atoms with Crippen molar-refractivity contribution in [1.82, 2.24) is 4.31 Å². The molecule has 2 saturated heterocycles. The standard InChI is InChI=1S/C17H20N2O6S/c20-17(18-10-1-4-14-15(5-10)24-9-23-14)13-6-11-7-19(8-16(13)25-11)26(21,22)12-2-3-12/h1,4-5,11-13,16H,2-3,6-9H2,(H,18,20). The van der Waals surface area contributed by atoms with Crippen molar-refractivity contribution in [1.29, 1.82) is 0 Å². The van der Waals surface area contributed by atoms with Crippen molar-refractivity contribution in [3.05, 3.63) is 18.2 Å². The lowest BCUT2D eigenvalue weighted by molar-refractivity contribution is -0.122. The fourth-order valence-corrected chi connectivity index (χ4v) is 5.77. The fourth-order valence-electron chi connectivity index (χ4n) is 3.89. The van der Waals surface area contributed by atoms with Crippen molar-refractivity contribution < 1.29 is 27.4 Å². The van der Waals surface area contributed by atoms with Crippen molar-refractivity contribution >= 4 is 21.6 Å². The lowest BCUT2D eigenvalue weighted by atomic mass is 9.99. The largest absolute Gasteiger partial charge is 0.454 e. The summed E-state index contributed by atoms with van der Waals surface area (Å²) in [7, 11) is -3.24. The van der Waals surface area contributed by atoms with Crippen LogP contribution in [-0.4, -0.2) is 56.0 Å². The van der Waals surface area contributed by atoms with Crippen molar-refractivity contribution in [2.24, 2.45) is 5.92 Å². The minimum absolute atomic E-state index is 0.151. The zero-order valence-corrected chi connectivity index (χ0v) is 14.9. The summed E-state index contributed by atoms with van der Waals surface area (Å²) in [6.45, 7) is 0.788. The molecule has 3 aliphatic heterocycles. The van der Waals surface area contributed by atoms with E-state index in [4.69, 9.17) is 14.2 Å². The molecule has 5 rings (SSSR count). The first kappa shape index (κ1) is 16.3. The number of benzene rings is 1. The van der Waals surface area contributed by atoms with Gasteiger partial charge in [-0.3, -0.25) is 4.79 Å². The highest BCUT2D eigenvalue weighted by molar-refractivity contribution is 7.90. The smallest absolute Gasteiger partial charge is 0.231 e. The molecule has 1 aromatic rings. The first-order valence-corrected chi connectivity index (χ1v) is 10.4. The lowest BCUT2D eigenvalue weighted by Crippen LogP contribution is -2.48. The van der Waals surface area contributed by atoms with Crippen molar-refractivity contribution in [3.63, 3.8) is 0 Å². The second kappa shape index (κ2) is 5.83. The number of ether oxygens (including phenoxy) is 3. The minimum atomic E-state index is -3.24. The van der Waals surface area contributed by atoms with Crippen LogP contribution in [0.15, 0.2) is 18.2 Å². The summed E-state index contributed by atoms with van der Waals surface area (Å²) in [6.07, 6.45) is 1.41. The van der Waals surface area contributed by atoms with Gasteiger partial charge in [-0.05, 0) is 31.4 Å². The number of sulfonamides is 1. The van der Waals surface area contributed by atoms with Crippen LogP contribution >= 0.6 is 0 Å². The van der Waals surface area contributed by atoms with Gasteiger partial charge in [-0.25, -0.2) is 8.42 Å². The normalized spacial score (nSPS) is 30.4. The number of morpholine rings is 1. The number of fused-ring (bicyclic) bond motifs is 3. The van der Waals surface area contributed by atoms with Gasteiger partial charge in [-0.15, -0.1) is 0 Å². The van der Waals surface area contributed by atoms with Crippen molar-refractivity contribution in [3.8, 4) is 11.5 Å². The lowest BCUT2D eigenvalue weighted by Gasteiger charge is -2.32. The highest BCUT2D eigenvalue weighted by atomic mass is 32.2. The summed E-state index contributed by atoms with van der Waals surface area (Å²) in [6, 6.07) is 5.24. The van der Waals surface area contributed by atoms with E-state index in [1.54, 1.807) is 18.2 Å². The fraction of sp³-hybridized carbons (Fsp3) is 0.588.